The maximum absolute atomic E-state index is 13.5. The fourth-order valence-corrected chi connectivity index (χ4v) is 3.97. The fraction of sp³-hybridized carbons (Fsp3) is 0.286. The Balaban J connectivity index is 1.70. The molecule has 0 saturated carbocycles. The van der Waals surface area contributed by atoms with Crippen LogP contribution in [0.4, 0.5) is 0 Å². The van der Waals surface area contributed by atoms with Crippen LogP contribution < -0.4 is 5.56 Å². The first kappa shape index (κ1) is 22.0. The van der Waals surface area contributed by atoms with Crippen LogP contribution in [0.15, 0.2) is 77.6 Å². The average molecular weight is 427 g/mol. The van der Waals surface area contributed by atoms with Crippen molar-refractivity contribution in [3.05, 3.63) is 88.7 Å². The van der Waals surface area contributed by atoms with E-state index < -0.39 is 0 Å². The van der Waals surface area contributed by atoms with Crippen molar-refractivity contribution in [3.8, 4) is 22.5 Å². The molecule has 0 aliphatic heterocycles. The van der Waals surface area contributed by atoms with E-state index in [-0.39, 0.29) is 5.56 Å². The zero-order valence-corrected chi connectivity index (χ0v) is 18.9. The molecule has 0 bridgehead atoms. The summed E-state index contributed by atoms with van der Waals surface area (Å²) in [4.78, 5) is 18.4. The summed E-state index contributed by atoms with van der Waals surface area (Å²) in [6, 6.07) is 24.4. The maximum Gasteiger partial charge on any atom is 0.261 e. The molecule has 4 nitrogen and oxygen atoms in total. The van der Waals surface area contributed by atoms with Gasteiger partial charge in [0.25, 0.3) is 5.56 Å². The second-order valence-corrected chi connectivity index (χ2v) is 8.12. The Morgan fingerprint density at radius 1 is 0.812 bits per heavy atom. The van der Waals surface area contributed by atoms with Crippen LogP contribution in [-0.2, 0) is 11.3 Å². The Morgan fingerprint density at radius 3 is 2.25 bits per heavy atom. The smallest absolute Gasteiger partial charge is 0.261 e. The number of aryl methyl sites for hydroxylation is 1. The van der Waals surface area contributed by atoms with E-state index in [0.29, 0.717) is 24.4 Å². The lowest BCUT2D eigenvalue weighted by molar-refractivity contribution is 0.126. The van der Waals surface area contributed by atoms with Crippen molar-refractivity contribution < 1.29 is 4.74 Å². The number of aromatic nitrogens is 2. The largest absolute Gasteiger partial charge is 0.381 e. The summed E-state index contributed by atoms with van der Waals surface area (Å²) in [6.45, 7) is 6.12. The van der Waals surface area contributed by atoms with Gasteiger partial charge < -0.3 is 4.74 Å². The van der Waals surface area contributed by atoms with Crippen LogP contribution in [0.25, 0.3) is 33.4 Å². The fourth-order valence-electron chi connectivity index (χ4n) is 3.97. The Bertz CT molecular complexity index is 1230. The van der Waals surface area contributed by atoms with Gasteiger partial charge in [0, 0.05) is 25.3 Å². The monoisotopic (exact) mass is 426 g/mol. The van der Waals surface area contributed by atoms with E-state index in [4.69, 9.17) is 9.72 Å². The second-order valence-electron chi connectivity index (χ2n) is 8.12. The normalized spacial score (nSPS) is 11.2. The number of fused-ring (bicyclic) bond motifs is 1. The molecule has 4 heteroatoms. The van der Waals surface area contributed by atoms with Crippen molar-refractivity contribution in [3.63, 3.8) is 0 Å². The van der Waals surface area contributed by atoms with Crippen LogP contribution >= 0.6 is 0 Å². The van der Waals surface area contributed by atoms with Crippen LogP contribution in [0.3, 0.4) is 0 Å². The highest BCUT2D eigenvalue weighted by Gasteiger charge is 2.14. The molecule has 0 aliphatic carbocycles. The Labute approximate surface area is 189 Å². The lowest BCUT2D eigenvalue weighted by Gasteiger charge is -2.15. The summed E-state index contributed by atoms with van der Waals surface area (Å²) < 4.78 is 7.54. The van der Waals surface area contributed by atoms with Crippen LogP contribution in [0.2, 0.25) is 0 Å². The highest BCUT2D eigenvalue weighted by atomic mass is 16.5. The van der Waals surface area contributed by atoms with Gasteiger partial charge in [0.15, 0.2) is 0 Å². The van der Waals surface area contributed by atoms with E-state index in [2.05, 4.69) is 43.3 Å². The van der Waals surface area contributed by atoms with E-state index in [1.807, 2.05) is 47.9 Å². The number of ether oxygens (including phenoxy) is 1. The van der Waals surface area contributed by atoms with Gasteiger partial charge in [-0.25, -0.2) is 4.98 Å². The summed E-state index contributed by atoms with van der Waals surface area (Å²) in [5.74, 6) is 0.710. The third-order valence-electron chi connectivity index (χ3n) is 5.75. The zero-order valence-electron chi connectivity index (χ0n) is 18.9. The minimum absolute atomic E-state index is 0.0174. The molecule has 0 radical (unpaired) electrons. The van der Waals surface area contributed by atoms with Crippen LogP contribution in [0.1, 0.15) is 31.7 Å². The van der Waals surface area contributed by atoms with Crippen molar-refractivity contribution in [2.45, 2.75) is 39.7 Å². The van der Waals surface area contributed by atoms with Gasteiger partial charge in [-0.2, -0.15) is 0 Å². The van der Waals surface area contributed by atoms with Gasteiger partial charge in [0.05, 0.1) is 10.9 Å². The lowest BCUT2D eigenvalue weighted by atomic mass is 10.0. The molecule has 164 valence electrons. The van der Waals surface area contributed by atoms with Crippen molar-refractivity contribution in [2.75, 3.05) is 13.2 Å². The molecule has 0 atom stereocenters. The lowest BCUT2D eigenvalue weighted by Crippen LogP contribution is -2.25. The summed E-state index contributed by atoms with van der Waals surface area (Å²) in [5.41, 5.74) is 4.97. The molecule has 1 heterocycles. The van der Waals surface area contributed by atoms with Crippen molar-refractivity contribution >= 4 is 10.9 Å². The van der Waals surface area contributed by atoms with Crippen molar-refractivity contribution in [2.24, 2.45) is 0 Å². The number of rotatable bonds is 9. The molecule has 0 saturated heterocycles. The second kappa shape index (κ2) is 10.4. The molecular formula is C28H30N2O2. The summed E-state index contributed by atoms with van der Waals surface area (Å²) in [7, 11) is 0. The molecule has 3 aromatic carbocycles. The number of hydrogen-bond donors (Lipinski definition) is 0. The van der Waals surface area contributed by atoms with Crippen molar-refractivity contribution in [1.29, 1.82) is 0 Å². The van der Waals surface area contributed by atoms with E-state index in [9.17, 15) is 4.79 Å². The molecule has 0 N–H and O–H groups in total. The van der Waals surface area contributed by atoms with E-state index in [1.165, 1.54) is 5.56 Å². The summed E-state index contributed by atoms with van der Waals surface area (Å²) in [6.07, 6.45) is 2.96. The topological polar surface area (TPSA) is 44.1 Å². The molecule has 0 spiro atoms. The minimum atomic E-state index is 0.0174. The number of unbranched alkanes of at least 4 members (excludes halogenated alkanes) is 1. The number of nitrogens with zero attached hydrogens (tertiary/aromatic N) is 2. The molecule has 0 amide bonds. The molecular weight excluding hydrogens is 396 g/mol. The van der Waals surface area contributed by atoms with Gasteiger partial charge in [-0.15, -0.1) is 0 Å². The molecule has 0 aliphatic rings. The Hall–Kier alpha value is -3.24. The van der Waals surface area contributed by atoms with E-state index in [0.717, 1.165) is 48.1 Å². The van der Waals surface area contributed by atoms with Gasteiger partial charge in [-0.3, -0.25) is 9.36 Å². The summed E-state index contributed by atoms with van der Waals surface area (Å²) >= 11 is 0. The standard InChI is InChI=1S/C28H30N2O2/c1-3-4-19-32-20-9-18-30-27(29-25-13-8-10-21(2)26(25)28(30)31)24-16-14-23(15-17-24)22-11-6-5-7-12-22/h5-8,10-17H,3-4,9,18-20H2,1-2H3. The first-order valence-electron chi connectivity index (χ1n) is 11.4. The zero-order chi connectivity index (χ0) is 22.3. The summed E-state index contributed by atoms with van der Waals surface area (Å²) in [5, 5.41) is 0.698. The predicted octanol–water partition coefficient (Wildman–Crippen LogP) is 6.25. The SMILES string of the molecule is CCCCOCCCn1c(-c2ccc(-c3ccccc3)cc2)nc2cccc(C)c2c1=O. The molecule has 32 heavy (non-hydrogen) atoms. The van der Waals surface area contributed by atoms with E-state index in [1.54, 1.807) is 0 Å². The Morgan fingerprint density at radius 2 is 1.50 bits per heavy atom. The quantitative estimate of drug-likeness (QED) is 0.297. The van der Waals surface area contributed by atoms with Crippen LogP contribution in [0.5, 0.6) is 0 Å². The third-order valence-corrected chi connectivity index (χ3v) is 5.75. The first-order valence-corrected chi connectivity index (χ1v) is 11.4. The van der Waals surface area contributed by atoms with Gasteiger partial charge in [0.2, 0.25) is 0 Å². The van der Waals surface area contributed by atoms with E-state index >= 15 is 0 Å². The number of hydrogen-bond acceptors (Lipinski definition) is 3. The van der Waals surface area contributed by atoms with Gasteiger partial charge >= 0.3 is 0 Å². The molecule has 0 unspecified atom stereocenters. The van der Waals surface area contributed by atoms with Gasteiger partial charge in [-0.05, 0) is 42.5 Å². The highest BCUT2D eigenvalue weighted by molar-refractivity contribution is 5.83. The highest BCUT2D eigenvalue weighted by Crippen LogP contribution is 2.25. The molecule has 4 aromatic rings. The first-order chi connectivity index (χ1) is 15.7. The maximum atomic E-state index is 13.5. The predicted molar refractivity (Wildman–Crippen MR) is 132 cm³/mol. The Kier molecular flexibility index (Phi) is 7.13. The van der Waals surface area contributed by atoms with Crippen molar-refractivity contribution in [1.82, 2.24) is 9.55 Å². The minimum Gasteiger partial charge on any atom is -0.381 e. The van der Waals surface area contributed by atoms with Gasteiger partial charge in [0.1, 0.15) is 5.82 Å². The molecule has 1 aromatic heterocycles. The van der Waals surface area contributed by atoms with Crippen LogP contribution in [-0.4, -0.2) is 22.8 Å². The van der Waals surface area contributed by atoms with Gasteiger partial charge in [-0.1, -0.05) is 80.1 Å². The third kappa shape index (κ3) is 4.81. The van der Waals surface area contributed by atoms with Crippen LogP contribution in [0, 0.1) is 6.92 Å². The molecule has 4 rings (SSSR count). The molecule has 0 fully saturated rings. The average Bonchev–Trinajstić information content (AvgIpc) is 2.83. The number of benzene rings is 3.